The Morgan fingerprint density at radius 2 is 1.97 bits per heavy atom. The van der Waals surface area contributed by atoms with Gasteiger partial charge >= 0.3 is 0 Å². The van der Waals surface area contributed by atoms with Crippen molar-refractivity contribution in [1.82, 2.24) is 29.5 Å². The van der Waals surface area contributed by atoms with Gasteiger partial charge in [-0.05, 0) is 61.0 Å². The lowest BCUT2D eigenvalue weighted by Gasteiger charge is -2.18. The fourth-order valence-corrected chi connectivity index (χ4v) is 5.75. The summed E-state index contributed by atoms with van der Waals surface area (Å²) in [6.45, 7) is 5.51. The molecule has 12 nitrogen and oxygen atoms in total. The van der Waals surface area contributed by atoms with Crippen molar-refractivity contribution in [2.24, 2.45) is 0 Å². The number of hydrogen-bond donors (Lipinski definition) is 2. The van der Waals surface area contributed by atoms with Gasteiger partial charge < -0.3 is 15.3 Å². The number of aliphatic hydroxyl groups is 1. The number of carbonyl (C=O) groups excluding carboxylic acids is 1. The number of nitrogens with zero attached hydrogens (tertiary/aromatic N) is 7. The fourth-order valence-electron chi connectivity index (χ4n) is 3.92. The van der Waals surface area contributed by atoms with Crippen molar-refractivity contribution in [3.8, 4) is 11.5 Å². The molecule has 2 aromatic heterocycles. The van der Waals surface area contributed by atoms with E-state index < -0.39 is 15.9 Å². The first kappa shape index (κ1) is 24.7. The molecule has 1 amide bonds. The standard InChI is InChI=1S/C22H28N8O4S/c1-13(2)29-11-15-9-18(28(4)5)16(10-19(15)35(29,33)34)22(32)24-20-8-6-7-17(23-20)21-25-26-27-30(21)14(3)12-31/h6-10,13-14,31H,11-12H2,1-5H3,(H,23,24,32). The normalized spacial score (nSPS) is 15.7. The molecule has 0 spiro atoms. The molecule has 1 aliphatic rings. The molecule has 2 N–H and O–H groups in total. The van der Waals surface area contributed by atoms with Crippen molar-refractivity contribution in [3.63, 3.8) is 0 Å². The maximum atomic E-state index is 13.3. The van der Waals surface area contributed by atoms with Crippen LogP contribution in [0.3, 0.4) is 0 Å². The number of fused-ring (bicyclic) bond motifs is 1. The summed E-state index contributed by atoms with van der Waals surface area (Å²) in [5.74, 6) is 0.0901. The highest BCUT2D eigenvalue weighted by Crippen LogP contribution is 2.36. The number of amides is 1. The van der Waals surface area contributed by atoms with Gasteiger partial charge in [-0.15, -0.1) is 5.10 Å². The van der Waals surface area contributed by atoms with Crippen LogP contribution in [0.2, 0.25) is 0 Å². The number of tetrazole rings is 1. The second-order valence-corrected chi connectivity index (χ2v) is 10.7. The highest BCUT2D eigenvalue weighted by Gasteiger charge is 2.38. The van der Waals surface area contributed by atoms with Gasteiger partial charge in [0.15, 0.2) is 0 Å². The van der Waals surface area contributed by atoms with Crippen molar-refractivity contribution in [1.29, 1.82) is 0 Å². The number of benzene rings is 1. The van der Waals surface area contributed by atoms with E-state index in [1.54, 1.807) is 50.2 Å². The van der Waals surface area contributed by atoms with Crippen LogP contribution in [0.15, 0.2) is 35.2 Å². The third-order valence-corrected chi connectivity index (χ3v) is 7.89. The summed E-state index contributed by atoms with van der Waals surface area (Å²) in [6.07, 6.45) is 0. The third kappa shape index (κ3) is 4.49. The number of pyridine rings is 1. The monoisotopic (exact) mass is 500 g/mol. The van der Waals surface area contributed by atoms with E-state index in [0.29, 0.717) is 22.8 Å². The van der Waals surface area contributed by atoms with Crippen LogP contribution in [-0.2, 0) is 16.6 Å². The van der Waals surface area contributed by atoms with Crippen LogP contribution in [0.25, 0.3) is 11.5 Å². The van der Waals surface area contributed by atoms with Crippen molar-refractivity contribution in [3.05, 3.63) is 41.5 Å². The lowest BCUT2D eigenvalue weighted by atomic mass is 10.1. The van der Waals surface area contributed by atoms with Crippen LogP contribution in [-0.4, -0.2) is 75.7 Å². The molecule has 0 radical (unpaired) electrons. The molecule has 4 rings (SSSR count). The zero-order chi connectivity index (χ0) is 25.5. The van der Waals surface area contributed by atoms with E-state index in [-0.39, 0.29) is 41.5 Å². The Hall–Kier alpha value is -3.42. The molecule has 3 aromatic rings. The van der Waals surface area contributed by atoms with E-state index in [1.165, 1.54) is 15.1 Å². The predicted molar refractivity (Wildman–Crippen MR) is 129 cm³/mol. The molecule has 0 bridgehead atoms. The van der Waals surface area contributed by atoms with E-state index in [9.17, 15) is 18.3 Å². The largest absolute Gasteiger partial charge is 0.394 e. The summed E-state index contributed by atoms with van der Waals surface area (Å²) in [6, 6.07) is 7.62. The van der Waals surface area contributed by atoms with Gasteiger partial charge in [-0.3, -0.25) is 4.79 Å². The molecule has 3 heterocycles. The number of sulfonamides is 1. The van der Waals surface area contributed by atoms with Crippen LogP contribution < -0.4 is 10.2 Å². The highest BCUT2D eigenvalue weighted by atomic mass is 32.2. The Labute approximate surface area is 203 Å². The SMILES string of the molecule is CC(C)N1Cc2cc(N(C)C)c(C(=O)Nc3cccc(-c4nnnn4C(C)CO)n3)cc2S1(=O)=O. The molecule has 1 aromatic carbocycles. The first-order valence-corrected chi connectivity index (χ1v) is 12.5. The number of carbonyl (C=O) groups is 1. The molecular formula is C22H28N8O4S. The number of aliphatic hydroxyl groups excluding tert-OH is 1. The third-order valence-electron chi connectivity index (χ3n) is 5.79. The molecule has 0 saturated heterocycles. The van der Waals surface area contributed by atoms with Crippen molar-refractivity contribution < 1.29 is 18.3 Å². The number of hydrogen-bond acceptors (Lipinski definition) is 9. The Balaban J connectivity index is 1.69. The van der Waals surface area contributed by atoms with E-state index in [4.69, 9.17) is 0 Å². The molecule has 0 fully saturated rings. The topological polar surface area (TPSA) is 146 Å². The van der Waals surface area contributed by atoms with Gasteiger partial charge in [0, 0.05) is 32.4 Å². The summed E-state index contributed by atoms with van der Waals surface area (Å²) >= 11 is 0. The van der Waals surface area contributed by atoms with Crippen LogP contribution in [0.1, 0.15) is 42.7 Å². The quantitative estimate of drug-likeness (QED) is 0.493. The van der Waals surface area contributed by atoms with E-state index in [1.807, 2.05) is 13.8 Å². The van der Waals surface area contributed by atoms with Gasteiger partial charge in [-0.25, -0.2) is 18.1 Å². The minimum atomic E-state index is -3.69. The molecule has 35 heavy (non-hydrogen) atoms. The number of nitrogens with one attached hydrogen (secondary N) is 1. The van der Waals surface area contributed by atoms with Crippen molar-refractivity contribution in [2.45, 2.75) is 44.3 Å². The molecule has 0 saturated carbocycles. The first-order chi connectivity index (χ1) is 16.5. The van der Waals surface area contributed by atoms with Gasteiger partial charge in [0.05, 0.1) is 23.1 Å². The van der Waals surface area contributed by atoms with Gasteiger partial charge in [-0.2, -0.15) is 4.31 Å². The molecular weight excluding hydrogens is 472 g/mol. The van der Waals surface area contributed by atoms with E-state index in [2.05, 4.69) is 25.8 Å². The maximum absolute atomic E-state index is 13.3. The zero-order valence-corrected chi connectivity index (χ0v) is 21.0. The second-order valence-electron chi connectivity index (χ2n) is 8.86. The Morgan fingerprint density at radius 3 is 2.63 bits per heavy atom. The minimum Gasteiger partial charge on any atom is -0.394 e. The van der Waals surface area contributed by atoms with Crippen LogP contribution in [0.5, 0.6) is 0 Å². The summed E-state index contributed by atoms with van der Waals surface area (Å²) in [5.41, 5.74) is 1.88. The molecule has 0 aliphatic carbocycles. The maximum Gasteiger partial charge on any atom is 0.258 e. The van der Waals surface area contributed by atoms with Crippen LogP contribution in [0, 0.1) is 0 Å². The summed E-state index contributed by atoms with van der Waals surface area (Å²) in [4.78, 5) is 19.7. The van der Waals surface area contributed by atoms with Crippen molar-refractivity contribution >= 4 is 27.4 Å². The summed E-state index contributed by atoms with van der Waals surface area (Å²) in [5, 5.41) is 23.8. The Morgan fingerprint density at radius 1 is 1.23 bits per heavy atom. The minimum absolute atomic E-state index is 0.140. The highest BCUT2D eigenvalue weighted by molar-refractivity contribution is 7.89. The summed E-state index contributed by atoms with van der Waals surface area (Å²) < 4.78 is 29.0. The van der Waals surface area contributed by atoms with Crippen LogP contribution >= 0.6 is 0 Å². The number of anilines is 2. The lowest BCUT2D eigenvalue weighted by Crippen LogP contribution is -2.31. The van der Waals surface area contributed by atoms with Gasteiger partial charge in [0.25, 0.3) is 5.91 Å². The fraction of sp³-hybridized carbons (Fsp3) is 0.409. The first-order valence-electron chi connectivity index (χ1n) is 11.1. The average molecular weight is 501 g/mol. The lowest BCUT2D eigenvalue weighted by molar-refractivity contribution is 0.102. The van der Waals surface area contributed by atoms with E-state index >= 15 is 0 Å². The number of aromatic nitrogens is 5. The molecule has 13 heteroatoms. The van der Waals surface area contributed by atoms with Gasteiger partial charge in [0.1, 0.15) is 11.5 Å². The molecule has 186 valence electrons. The van der Waals surface area contributed by atoms with Crippen LogP contribution in [0.4, 0.5) is 11.5 Å². The Bertz CT molecular complexity index is 1370. The molecule has 1 atom stereocenters. The van der Waals surface area contributed by atoms with Gasteiger partial charge in [0.2, 0.25) is 15.8 Å². The average Bonchev–Trinajstić information content (AvgIpc) is 3.40. The summed E-state index contributed by atoms with van der Waals surface area (Å²) in [7, 11) is -0.105. The second kappa shape index (κ2) is 9.32. The van der Waals surface area contributed by atoms with Crippen molar-refractivity contribution in [2.75, 3.05) is 30.9 Å². The predicted octanol–water partition coefficient (Wildman–Crippen LogP) is 1.52. The molecule has 1 aliphatic heterocycles. The van der Waals surface area contributed by atoms with Gasteiger partial charge in [-0.1, -0.05) is 6.07 Å². The molecule has 1 unspecified atom stereocenters. The zero-order valence-electron chi connectivity index (χ0n) is 20.2. The van der Waals surface area contributed by atoms with E-state index in [0.717, 1.165) is 0 Å². The smallest absolute Gasteiger partial charge is 0.258 e. The Kier molecular flexibility index (Phi) is 6.58. The number of rotatable bonds is 7.